The first kappa shape index (κ1) is 21.5. The summed E-state index contributed by atoms with van der Waals surface area (Å²) in [6.45, 7) is 15.4. The average Bonchev–Trinajstić information content (AvgIpc) is 2.21. The molecule has 0 bridgehead atoms. The minimum atomic E-state index is -2.60. The number of rotatable bonds is 6. The third-order valence-electron chi connectivity index (χ3n) is 1.39. The fraction of sp³-hybridized carbons (Fsp3) is 1.00. The van der Waals surface area contributed by atoms with Gasteiger partial charge in [0, 0.05) is 6.61 Å². The van der Waals surface area contributed by atoms with Crippen molar-refractivity contribution in [2.45, 2.75) is 34.6 Å². The second kappa shape index (κ2) is 24.5. The Kier molecular flexibility index (Phi) is 32.9. The molecule has 0 aliphatic carbocycles. The Morgan fingerprint density at radius 3 is 1.12 bits per heavy atom. The van der Waals surface area contributed by atoms with Crippen LogP contribution in [-0.4, -0.2) is 32.8 Å². The highest BCUT2D eigenvalue weighted by Crippen LogP contribution is 2.10. The van der Waals surface area contributed by atoms with Crippen molar-refractivity contribution in [3.63, 3.8) is 0 Å². The topological polar surface area (TPSA) is 88.6 Å². The quantitative estimate of drug-likeness (QED) is 0.547. The van der Waals surface area contributed by atoms with E-state index in [-0.39, 0.29) is 6.61 Å². The highest BCUT2D eigenvalue weighted by atomic mass is 31.2. The van der Waals surface area contributed by atoms with Gasteiger partial charge in [-0.3, -0.25) is 0 Å². The predicted molar refractivity (Wildman–Crippen MR) is 64.6 cm³/mol. The van der Waals surface area contributed by atoms with Gasteiger partial charge in [-0.05, 0) is 34.6 Å². The first-order valence-corrected chi connectivity index (χ1v) is 7.10. The molecule has 0 fully saturated rings. The molecule has 0 saturated carbocycles. The molecule has 0 aromatic carbocycles. The van der Waals surface area contributed by atoms with Crippen molar-refractivity contribution in [2.24, 2.45) is 0 Å². The Bertz CT molecular complexity index is 88.1. The second-order valence-electron chi connectivity index (χ2n) is 2.85. The van der Waals surface area contributed by atoms with E-state index in [0.717, 1.165) is 0 Å². The lowest BCUT2D eigenvalue weighted by Gasteiger charge is -2.27. The van der Waals surface area contributed by atoms with Gasteiger partial charge >= 0.3 is 0 Å². The van der Waals surface area contributed by atoms with E-state index in [0.29, 0.717) is 0 Å². The standard InChI is InChI=1S/2C4H11N.C2H5O3P/c2*1-3-5-4-2;1-2-5-6(3)4/h2*5H,3-4H2,1-2H3;2H2,1H3/q;;-2/p+2. The molecule has 0 radical (unpaired) electrons. The average molecular weight is 256 g/mol. The Balaban J connectivity index is -0.000000160. The van der Waals surface area contributed by atoms with Crippen LogP contribution in [0.15, 0.2) is 0 Å². The third-order valence-corrected chi connectivity index (χ3v) is 1.86. The van der Waals surface area contributed by atoms with Crippen LogP contribution in [0.1, 0.15) is 34.6 Å². The van der Waals surface area contributed by atoms with Crippen molar-refractivity contribution in [1.82, 2.24) is 0 Å². The van der Waals surface area contributed by atoms with E-state index in [1.165, 1.54) is 26.2 Å². The number of quaternary nitrogens is 2. The summed E-state index contributed by atoms with van der Waals surface area (Å²) in [5.41, 5.74) is 0. The summed E-state index contributed by atoms with van der Waals surface area (Å²) < 4.78 is 4.00. The van der Waals surface area contributed by atoms with Gasteiger partial charge in [0.2, 0.25) is 0 Å². The molecule has 16 heavy (non-hydrogen) atoms. The first-order chi connectivity index (χ1) is 7.60. The maximum atomic E-state index is 9.41. The Hall–Kier alpha value is 0.230. The molecular formula is C10H29N2O3P. The summed E-state index contributed by atoms with van der Waals surface area (Å²) >= 11 is 0. The molecule has 0 spiro atoms. The number of hydrogen-bond acceptors (Lipinski definition) is 3. The summed E-state index contributed by atoms with van der Waals surface area (Å²) in [6.07, 6.45) is 0. The van der Waals surface area contributed by atoms with Crippen molar-refractivity contribution in [1.29, 1.82) is 0 Å². The Morgan fingerprint density at radius 2 is 1.12 bits per heavy atom. The van der Waals surface area contributed by atoms with Crippen LogP contribution in [0.5, 0.6) is 0 Å². The molecule has 0 rings (SSSR count). The molecule has 5 nitrogen and oxygen atoms in total. The maximum absolute atomic E-state index is 9.41. The molecular weight excluding hydrogens is 227 g/mol. The van der Waals surface area contributed by atoms with Gasteiger partial charge in [-0.1, -0.05) is 0 Å². The minimum absolute atomic E-state index is 0.235. The summed E-state index contributed by atoms with van der Waals surface area (Å²) in [4.78, 5) is 18.8. The zero-order valence-electron chi connectivity index (χ0n) is 11.4. The van der Waals surface area contributed by atoms with Gasteiger partial charge in [0.15, 0.2) is 0 Å². The molecule has 0 aliphatic rings. The Morgan fingerprint density at radius 1 is 0.812 bits per heavy atom. The maximum Gasteiger partial charge on any atom is 0.0726 e. The number of nitrogens with two attached hydrogens (primary N) is 2. The monoisotopic (exact) mass is 256 g/mol. The number of hydrogen-bond donors (Lipinski definition) is 2. The molecule has 0 aromatic rings. The molecule has 0 atom stereocenters. The lowest BCUT2D eigenvalue weighted by molar-refractivity contribution is -0.648. The van der Waals surface area contributed by atoms with Gasteiger partial charge in [0.25, 0.3) is 0 Å². The first-order valence-electron chi connectivity index (χ1n) is 6.00. The van der Waals surface area contributed by atoms with Crippen molar-refractivity contribution >= 4 is 8.60 Å². The molecule has 0 aliphatic heterocycles. The van der Waals surface area contributed by atoms with E-state index in [4.69, 9.17) is 0 Å². The lowest BCUT2D eigenvalue weighted by Crippen LogP contribution is -2.82. The van der Waals surface area contributed by atoms with Crippen LogP contribution in [0.3, 0.4) is 0 Å². The molecule has 6 heteroatoms. The molecule has 102 valence electrons. The molecule has 0 saturated heterocycles. The van der Waals surface area contributed by atoms with Crippen LogP contribution < -0.4 is 20.4 Å². The van der Waals surface area contributed by atoms with E-state index >= 15 is 0 Å². The lowest BCUT2D eigenvalue weighted by atomic mass is 10.7. The van der Waals surface area contributed by atoms with Gasteiger partial charge in [-0.25, -0.2) is 0 Å². The van der Waals surface area contributed by atoms with E-state index in [9.17, 15) is 9.79 Å². The van der Waals surface area contributed by atoms with Crippen LogP contribution in [0.4, 0.5) is 0 Å². The predicted octanol–water partition coefficient (Wildman–Crippen LogP) is -1.85. The van der Waals surface area contributed by atoms with Gasteiger partial charge in [0.1, 0.15) is 0 Å². The summed E-state index contributed by atoms with van der Waals surface area (Å²) in [5, 5.41) is 4.50. The van der Waals surface area contributed by atoms with Crippen LogP contribution in [-0.2, 0) is 4.52 Å². The van der Waals surface area contributed by atoms with Crippen molar-refractivity contribution in [3.8, 4) is 0 Å². The Labute approximate surface area is 102 Å². The van der Waals surface area contributed by atoms with Crippen molar-refractivity contribution in [2.75, 3.05) is 32.8 Å². The van der Waals surface area contributed by atoms with Crippen LogP contribution in [0.25, 0.3) is 0 Å². The molecule has 4 N–H and O–H groups in total. The summed E-state index contributed by atoms with van der Waals surface area (Å²) in [5.74, 6) is 0. The fourth-order valence-corrected chi connectivity index (χ4v) is 0.894. The van der Waals surface area contributed by atoms with Crippen LogP contribution in [0, 0.1) is 0 Å². The smallest absolute Gasteiger partial charge is 0.0726 e. The van der Waals surface area contributed by atoms with Gasteiger partial charge < -0.3 is 24.9 Å². The molecule has 0 aromatic heterocycles. The van der Waals surface area contributed by atoms with Crippen molar-refractivity contribution < 1.29 is 24.9 Å². The summed E-state index contributed by atoms with van der Waals surface area (Å²) in [6, 6.07) is 0. The van der Waals surface area contributed by atoms with Gasteiger partial charge in [-0.2, -0.15) is 8.60 Å². The van der Waals surface area contributed by atoms with Gasteiger partial charge in [0.05, 0.1) is 26.2 Å². The van der Waals surface area contributed by atoms with Gasteiger partial charge in [-0.15, -0.1) is 0 Å². The van der Waals surface area contributed by atoms with E-state index in [1.54, 1.807) is 6.92 Å². The van der Waals surface area contributed by atoms with E-state index < -0.39 is 8.60 Å². The molecule has 0 heterocycles. The molecule has 0 unspecified atom stereocenters. The minimum Gasteiger partial charge on any atom is -0.820 e. The largest absolute Gasteiger partial charge is 0.820 e. The SMILES string of the molecule is CCOP([O-])[O-].CC[NH2+]CC.CC[NH2+]CC. The summed E-state index contributed by atoms with van der Waals surface area (Å²) in [7, 11) is -2.60. The van der Waals surface area contributed by atoms with Crippen LogP contribution >= 0.6 is 8.60 Å². The second-order valence-corrected chi connectivity index (χ2v) is 3.56. The van der Waals surface area contributed by atoms with E-state index in [1.807, 2.05) is 0 Å². The zero-order chi connectivity index (χ0) is 13.2. The van der Waals surface area contributed by atoms with E-state index in [2.05, 4.69) is 42.9 Å². The zero-order valence-corrected chi connectivity index (χ0v) is 12.3. The fourth-order valence-electron chi connectivity index (χ4n) is 0.683. The highest BCUT2D eigenvalue weighted by molar-refractivity contribution is 7.36. The molecule has 0 amide bonds. The van der Waals surface area contributed by atoms with Crippen LogP contribution in [0.2, 0.25) is 0 Å². The normalized spacial score (nSPS) is 9.00. The third kappa shape index (κ3) is 47.6. The van der Waals surface area contributed by atoms with Crippen molar-refractivity contribution in [3.05, 3.63) is 0 Å². The highest BCUT2D eigenvalue weighted by Gasteiger charge is 1.67.